The van der Waals surface area contributed by atoms with Gasteiger partial charge in [-0.3, -0.25) is 4.79 Å². The van der Waals surface area contributed by atoms with Gasteiger partial charge in [0, 0.05) is 16.0 Å². The number of nitrogens with zero attached hydrogens (tertiary/aromatic N) is 2. The summed E-state index contributed by atoms with van der Waals surface area (Å²) >= 11 is 7.21. The van der Waals surface area contributed by atoms with Gasteiger partial charge in [-0.2, -0.15) is 4.99 Å². The van der Waals surface area contributed by atoms with Gasteiger partial charge in [0.2, 0.25) is 0 Å². The fourth-order valence-corrected chi connectivity index (χ4v) is 7.61. The van der Waals surface area contributed by atoms with Gasteiger partial charge in [0.1, 0.15) is 5.75 Å². The molecule has 2 fully saturated rings. The van der Waals surface area contributed by atoms with E-state index in [0.29, 0.717) is 15.9 Å². The zero-order chi connectivity index (χ0) is 21.5. The highest BCUT2D eigenvalue weighted by molar-refractivity contribution is 8.16. The minimum atomic E-state index is -3.10. The Hall–Kier alpha value is -2.03. The average Bonchev–Trinajstić information content (AvgIpc) is 3.14. The normalized spacial score (nSPS) is 23.6. The van der Waals surface area contributed by atoms with Crippen LogP contribution in [0.3, 0.4) is 0 Å². The Morgan fingerprint density at radius 2 is 1.90 bits per heavy atom. The first kappa shape index (κ1) is 21.2. The van der Waals surface area contributed by atoms with Gasteiger partial charge in [0.15, 0.2) is 21.6 Å². The number of carbonyl (C=O) groups excluding carboxylic acids is 1. The number of aryl methyl sites for hydroxylation is 2. The Balaban J connectivity index is 1.57. The summed E-state index contributed by atoms with van der Waals surface area (Å²) in [6.07, 6.45) is 0. The van der Waals surface area contributed by atoms with Gasteiger partial charge >= 0.3 is 0 Å². The van der Waals surface area contributed by atoms with Crippen molar-refractivity contribution in [3.63, 3.8) is 0 Å². The lowest BCUT2D eigenvalue weighted by atomic mass is 10.1. The monoisotopic (exact) mass is 464 g/mol. The third-order valence-electron chi connectivity index (χ3n) is 5.23. The van der Waals surface area contributed by atoms with E-state index in [9.17, 15) is 13.2 Å². The molecule has 0 aliphatic carbocycles. The van der Waals surface area contributed by atoms with Gasteiger partial charge < -0.3 is 9.64 Å². The van der Waals surface area contributed by atoms with Crippen molar-refractivity contribution >= 4 is 50.0 Å². The largest absolute Gasteiger partial charge is 0.484 e. The van der Waals surface area contributed by atoms with E-state index >= 15 is 0 Å². The predicted molar refractivity (Wildman–Crippen MR) is 122 cm³/mol. The highest BCUT2D eigenvalue weighted by Crippen LogP contribution is 2.41. The summed E-state index contributed by atoms with van der Waals surface area (Å²) in [5.74, 6) is 0.259. The van der Waals surface area contributed by atoms with Crippen LogP contribution in [0.1, 0.15) is 11.1 Å². The standard InChI is InChI=1S/C21H21ClN2O4S2/c1-13-3-6-16(9-14(13)2)24-18-11-30(26,27)12-19(18)29-21(24)23-20(25)10-28-17-7-4-15(22)5-8-17/h3-9,18-19H,10-12H2,1-2H3/t18-,19+/m0/s1. The molecule has 2 aliphatic heterocycles. The van der Waals surface area contributed by atoms with Crippen molar-refractivity contribution < 1.29 is 17.9 Å². The number of benzene rings is 2. The molecule has 9 heteroatoms. The Kier molecular flexibility index (Phi) is 5.83. The number of fused-ring (bicyclic) bond motifs is 1. The van der Waals surface area contributed by atoms with Crippen molar-refractivity contribution in [1.82, 2.24) is 0 Å². The summed E-state index contributed by atoms with van der Waals surface area (Å²) in [4.78, 5) is 18.7. The van der Waals surface area contributed by atoms with Crippen LogP contribution < -0.4 is 9.64 Å². The SMILES string of the molecule is Cc1ccc(N2C(=NC(=O)COc3ccc(Cl)cc3)S[C@@H]3CS(=O)(=O)C[C@@H]32)cc1C. The molecule has 2 saturated heterocycles. The molecule has 0 unspecified atom stereocenters. The second kappa shape index (κ2) is 8.24. The van der Waals surface area contributed by atoms with E-state index in [0.717, 1.165) is 16.8 Å². The predicted octanol–water partition coefficient (Wildman–Crippen LogP) is 3.64. The van der Waals surface area contributed by atoms with Crippen LogP contribution in [0.5, 0.6) is 5.75 Å². The number of anilines is 1. The number of sulfone groups is 1. The van der Waals surface area contributed by atoms with Crippen LogP contribution in [-0.2, 0) is 14.6 Å². The summed E-state index contributed by atoms with van der Waals surface area (Å²) in [5.41, 5.74) is 3.09. The van der Waals surface area contributed by atoms with Crippen molar-refractivity contribution in [3.8, 4) is 5.75 Å². The van der Waals surface area contributed by atoms with Crippen molar-refractivity contribution in [2.24, 2.45) is 4.99 Å². The molecule has 0 N–H and O–H groups in total. The minimum absolute atomic E-state index is 0.0616. The first-order valence-corrected chi connectivity index (χ1v) is 12.5. The topological polar surface area (TPSA) is 76.0 Å². The smallest absolute Gasteiger partial charge is 0.285 e. The fraction of sp³-hybridized carbons (Fsp3) is 0.333. The molecule has 1 amide bonds. The number of thioether (sulfide) groups is 1. The number of hydrogen-bond acceptors (Lipinski definition) is 5. The second-order valence-corrected chi connectivity index (χ2v) is 11.3. The number of carbonyl (C=O) groups is 1. The van der Waals surface area contributed by atoms with E-state index in [1.807, 2.05) is 36.9 Å². The van der Waals surface area contributed by atoms with Crippen molar-refractivity contribution in [1.29, 1.82) is 0 Å². The van der Waals surface area contributed by atoms with E-state index in [-0.39, 0.29) is 29.4 Å². The van der Waals surface area contributed by atoms with Gasteiger partial charge in [-0.25, -0.2) is 8.42 Å². The molecule has 6 nitrogen and oxygen atoms in total. The first-order valence-electron chi connectivity index (χ1n) is 9.45. The second-order valence-electron chi connectivity index (χ2n) is 7.47. The van der Waals surface area contributed by atoms with Crippen LogP contribution in [0.25, 0.3) is 0 Å². The van der Waals surface area contributed by atoms with Crippen LogP contribution in [0.15, 0.2) is 47.5 Å². The number of aliphatic imine (C=N–C) groups is 1. The highest BCUT2D eigenvalue weighted by atomic mass is 35.5. The Labute approximate surface area is 185 Å². The van der Waals surface area contributed by atoms with E-state index < -0.39 is 15.7 Å². The number of halogens is 1. The molecular formula is C21H21ClN2O4S2. The highest BCUT2D eigenvalue weighted by Gasteiger charge is 2.49. The maximum Gasteiger partial charge on any atom is 0.285 e. The molecule has 2 aromatic carbocycles. The fourth-order valence-electron chi connectivity index (χ4n) is 3.56. The van der Waals surface area contributed by atoms with Gasteiger partial charge in [-0.05, 0) is 61.4 Å². The van der Waals surface area contributed by atoms with Crippen LogP contribution >= 0.6 is 23.4 Å². The summed E-state index contributed by atoms with van der Waals surface area (Å²) < 4.78 is 29.9. The summed E-state index contributed by atoms with van der Waals surface area (Å²) in [7, 11) is -3.10. The molecule has 0 radical (unpaired) electrons. The van der Waals surface area contributed by atoms with Gasteiger partial charge in [-0.1, -0.05) is 29.4 Å². The van der Waals surface area contributed by atoms with Crippen LogP contribution in [-0.4, -0.2) is 48.9 Å². The maximum atomic E-state index is 12.5. The number of rotatable bonds is 4. The van der Waals surface area contributed by atoms with E-state index in [1.54, 1.807) is 24.3 Å². The number of ether oxygens (including phenoxy) is 1. The maximum absolute atomic E-state index is 12.5. The van der Waals surface area contributed by atoms with E-state index in [2.05, 4.69) is 4.99 Å². The number of amidine groups is 1. The first-order chi connectivity index (χ1) is 14.2. The summed E-state index contributed by atoms with van der Waals surface area (Å²) in [6, 6.07) is 12.5. The molecular weight excluding hydrogens is 444 g/mol. The van der Waals surface area contributed by atoms with E-state index in [4.69, 9.17) is 16.3 Å². The molecule has 0 spiro atoms. The van der Waals surface area contributed by atoms with E-state index in [1.165, 1.54) is 11.8 Å². The lowest BCUT2D eigenvalue weighted by molar-refractivity contribution is -0.119. The third kappa shape index (κ3) is 4.50. The molecule has 0 saturated carbocycles. The zero-order valence-corrected chi connectivity index (χ0v) is 18.9. The lowest BCUT2D eigenvalue weighted by Crippen LogP contribution is -2.38. The Morgan fingerprint density at radius 3 is 2.60 bits per heavy atom. The van der Waals surface area contributed by atoms with Gasteiger partial charge in [-0.15, -0.1) is 0 Å². The number of amides is 1. The molecule has 2 heterocycles. The van der Waals surface area contributed by atoms with Gasteiger partial charge in [0.05, 0.1) is 17.5 Å². The number of hydrogen-bond donors (Lipinski definition) is 0. The van der Waals surface area contributed by atoms with Crippen LogP contribution in [0.2, 0.25) is 5.02 Å². The summed E-state index contributed by atoms with van der Waals surface area (Å²) in [5, 5.41) is 0.968. The molecule has 0 bridgehead atoms. The van der Waals surface area contributed by atoms with Crippen molar-refractivity contribution in [2.45, 2.75) is 25.1 Å². The van der Waals surface area contributed by atoms with Crippen molar-refractivity contribution in [3.05, 3.63) is 58.6 Å². The van der Waals surface area contributed by atoms with Crippen molar-refractivity contribution in [2.75, 3.05) is 23.0 Å². The molecule has 2 aromatic rings. The summed E-state index contributed by atoms with van der Waals surface area (Å²) in [6.45, 7) is 3.82. The molecule has 30 heavy (non-hydrogen) atoms. The van der Waals surface area contributed by atoms with Crippen LogP contribution in [0, 0.1) is 13.8 Å². The Morgan fingerprint density at radius 1 is 1.17 bits per heavy atom. The molecule has 158 valence electrons. The molecule has 4 rings (SSSR count). The Bertz CT molecular complexity index is 1120. The average molecular weight is 465 g/mol. The van der Waals surface area contributed by atoms with Gasteiger partial charge in [0.25, 0.3) is 5.91 Å². The molecule has 2 atom stereocenters. The zero-order valence-electron chi connectivity index (χ0n) is 16.5. The quantitative estimate of drug-likeness (QED) is 0.687. The van der Waals surface area contributed by atoms with Crippen LogP contribution in [0.4, 0.5) is 5.69 Å². The molecule has 0 aromatic heterocycles. The third-order valence-corrected chi connectivity index (χ3v) is 8.69. The lowest BCUT2D eigenvalue weighted by Gasteiger charge is -2.25. The molecule has 2 aliphatic rings. The minimum Gasteiger partial charge on any atom is -0.484 e.